The Bertz CT molecular complexity index is 463. The third kappa shape index (κ3) is 3.15. The zero-order chi connectivity index (χ0) is 13.7. The first-order chi connectivity index (χ1) is 9.26. The number of aliphatic hydroxyl groups is 1. The van der Waals surface area contributed by atoms with E-state index in [1.54, 1.807) is 12.3 Å². The van der Waals surface area contributed by atoms with Crippen LogP contribution in [0.3, 0.4) is 0 Å². The summed E-state index contributed by atoms with van der Waals surface area (Å²) in [6.45, 7) is 0.616. The van der Waals surface area contributed by atoms with Crippen molar-refractivity contribution in [1.29, 1.82) is 5.26 Å². The number of aliphatic hydroxyl groups excluding tert-OH is 1. The molecular formula is C14H20N4O. The van der Waals surface area contributed by atoms with Gasteiger partial charge in [-0.3, -0.25) is 0 Å². The van der Waals surface area contributed by atoms with E-state index in [0.29, 0.717) is 29.7 Å². The van der Waals surface area contributed by atoms with Crippen molar-refractivity contribution in [2.24, 2.45) is 0 Å². The highest BCUT2D eigenvalue weighted by Crippen LogP contribution is 2.29. The molecule has 102 valence electrons. The molecule has 0 bridgehead atoms. The maximum atomic E-state index is 9.26. The van der Waals surface area contributed by atoms with Crippen LogP contribution in [0, 0.1) is 11.3 Å². The molecule has 1 aliphatic carbocycles. The lowest BCUT2D eigenvalue weighted by atomic mass is 9.94. The summed E-state index contributed by atoms with van der Waals surface area (Å²) in [6, 6.07) is 4.08. The average molecular weight is 260 g/mol. The Morgan fingerprint density at radius 2 is 2.16 bits per heavy atom. The van der Waals surface area contributed by atoms with Crippen molar-refractivity contribution in [2.45, 2.75) is 38.1 Å². The Hall–Kier alpha value is -1.80. The molecule has 1 aromatic rings. The lowest BCUT2D eigenvalue weighted by molar-refractivity contribution is 0.289. The normalized spacial score (nSPS) is 16.0. The van der Waals surface area contributed by atoms with E-state index in [1.165, 1.54) is 19.3 Å². The quantitative estimate of drug-likeness (QED) is 0.860. The van der Waals surface area contributed by atoms with Crippen LogP contribution in [0.25, 0.3) is 0 Å². The third-order valence-corrected chi connectivity index (χ3v) is 3.65. The van der Waals surface area contributed by atoms with E-state index in [-0.39, 0.29) is 6.61 Å². The van der Waals surface area contributed by atoms with Crippen LogP contribution in [-0.2, 0) is 0 Å². The van der Waals surface area contributed by atoms with E-state index in [0.717, 1.165) is 12.8 Å². The van der Waals surface area contributed by atoms with Gasteiger partial charge < -0.3 is 15.7 Å². The number of nitrogens with zero attached hydrogens (tertiary/aromatic N) is 3. The van der Waals surface area contributed by atoms with Gasteiger partial charge in [0.25, 0.3) is 0 Å². The average Bonchev–Trinajstić information content (AvgIpc) is 2.46. The van der Waals surface area contributed by atoms with E-state index in [9.17, 15) is 5.11 Å². The second-order valence-corrected chi connectivity index (χ2v) is 4.96. The summed E-state index contributed by atoms with van der Waals surface area (Å²) < 4.78 is 0. The predicted octanol–water partition coefficient (Wildman–Crippen LogP) is 1.67. The minimum atomic E-state index is 0.0810. The molecule has 2 rings (SSSR count). The standard InChI is InChI=1S/C14H20N4O/c15-9-11-8-13(16)14(17-10-11)18(6-7-19)12-4-2-1-3-5-12/h8,10,12,19H,1-7,16H2. The summed E-state index contributed by atoms with van der Waals surface area (Å²) in [6.07, 6.45) is 7.46. The van der Waals surface area contributed by atoms with Gasteiger partial charge in [-0.25, -0.2) is 4.98 Å². The highest BCUT2D eigenvalue weighted by molar-refractivity contribution is 5.65. The fraction of sp³-hybridized carbons (Fsp3) is 0.571. The molecular weight excluding hydrogens is 240 g/mol. The molecule has 3 N–H and O–H groups in total. The van der Waals surface area contributed by atoms with E-state index in [1.807, 2.05) is 6.07 Å². The zero-order valence-corrected chi connectivity index (χ0v) is 11.0. The van der Waals surface area contributed by atoms with Crippen LogP contribution < -0.4 is 10.6 Å². The fourth-order valence-corrected chi connectivity index (χ4v) is 2.74. The Kier molecular flexibility index (Phi) is 4.58. The van der Waals surface area contributed by atoms with Crippen molar-refractivity contribution >= 4 is 11.5 Å². The van der Waals surface area contributed by atoms with E-state index >= 15 is 0 Å². The van der Waals surface area contributed by atoms with Crippen LogP contribution in [-0.4, -0.2) is 29.3 Å². The maximum Gasteiger partial charge on any atom is 0.152 e. The number of hydrogen-bond acceptors (Lipinski definition) is 5. The molecule has 19 heavy (non-hydrogen) atoms. The van der Waals surface area contributed by atoms with Gasteiger partial charge in [-0.2, -0.15) is 5.26 Å². The highest BCUT2D eigenvalue weighted by Gasteiger charge is 2.23. The number of nitrogens with two attached hydrogens (primary N) is 1. The van der Waals surface area contributed by atoms with E-state index in [2.05, 4.69) is 9.88 Å². The van der Waals surface area contributed by atoms with E-state index < -0.39 is 0 Å². The number of nitriles is 1. The summed E-state index contributed by atoms with van der Waals surface area (Å²) in [4.78, 5) is 6.40. The molecule has 1 fully saturated rings. The van der Waals surface area contributed by atoms with Crippen molar-refractivity contribution in [3.8, 4) is 6.07 Å². The molecule has 0 amide bonds. The first-order valence-corrected chi connectivity index (χ1v) is 6.79. The topological polar surface area (TPSA) is 86.2 Å². The summed E-state index contributed by atoms with van der Waals surface area (Å²) >= 11 is 0. The molecule has 0 saturated heterocycles. The Morgan fingerprint density at radius 3 is 2.74 bits per heavy atom. The lowest BCUT2D eigenvalue weighted by Crippen LogP contribution is -2.39. The summed E-state index contributed by atoms with van der Waals surface area (Å²) in [5, 5.41) is 18.1. The van der Waals surface area contributed by atoms with Gasteiger partial charge in [0.05, 0.1) is 17.9 Å². The maximum absolute atomic E-state index is 9.26. The molecule has 0 aliphatic heterocycles. The molecule has 0 spiro atoms. The SMILES string of the molecule is N#Cc1cnc(N(CCO)C2CCCCC2)c(N)c1. The van der Waals surface area contributed by atoms with Crippen molar-refractivity contribution < 1.29 is 5.11 Å². The monoisotopic (exact) mass is 260 g/mol. The van der Waals surface area contributed by atoms with Crippen molar-refractivity contribution in [3.05, 3.63) is 17.8 Å². The van der Waals surface area contributed by atoms with Crippen LogP contribution in [0.15, 0.2) is 12.3 Å². The number of rotatable bonds is 4. The van der Waals surface area contributed by atoms with Gasteiger partial charge in [-0.05, 0) is 18.9 Å². The number of nitrogen functional groups attached to an aromatic ring is 1. The van der Waals surface area contributed by atoms with Crippen molar-refractivity contribution in [2.75, 3.05) is 23.8 Å². The van der Waals surface area contributed by atoms with Gasteiger partial charge in [-0.1, -0.05) is 19.3 Å². The Morgan fingerprint density at radius 1 is 1.42 bits per heavy atom. The van der Waals surface area contributed by atoms with E-state index in [4.69, 9.17) is 11.0 Å². The fourth-order valence-electron chi connectivity index (χ4n) is 2.74. The first-order valence-electron chi connectivity index (χ1n) is 6.79. The molecule has 5 heteroatoms. The zero-order valence-electron chi connectivity index (χ0n) is 11.0. The first kappa shape index (κ1) is 13.6. The van der Waals surface area contributed by atoms with Crippen LogP contribution in [0.4, 0.5) is 11.5 Å². The summed E-state index contributed by atoms with van der Waals surface area (Å²) in [5.41, 5.74) is 6.98. The van der Waals surface area contributed by atoms with Crippen LogP contribution in [0.5, 0.6) is 0 Å². The van der Waals surface area contributed by atoms with Crippen molar-refractivity contribution in [3.63, 3.8) is 0 Å². The molecule has 1 saturated carbocycles. The molecule has 0 unspecified atom stereocenters. The van der Waals surface area contributed by atoms with Crippen LogP contribution in [0.1, 0.15) is 37.7 Å². The third-order valence-electron chi connectivity index (χ3n) is 3.65. The van der Waals surface area contributed by atoms with Crippen LogP contribution in [0.2, 0.25) is 0 Å². The van der Waals surface area contributed by atoms with Gasteiger partial charge in [0, 0.05) is 18.8 Å². The van der Waals surface area contributed by atoms with Gasteiger partial charge in [0.15, 0.2) is 5.82 Å². The highest BCUT2D eigenvalue weighted by atomic mass is 16.3. The minimum Gasteiger partial charge on any atom is -0.396 e. The minimum absolute atomic E-state index is 0.0810. The second-order valence-electron chi connectivity index (χ2n) is 4.96. The smallest absolute Gasteiger partial charge is 0.152 e. The lowest BCUT2D eigenvalue weighted by Gasteiger charge is -2.35. The number of anilines is 2. The number of hydrogen-bond donors (Lipinski definition) is 2. The Balaban J connectivity index is 2.25. The number of pyridine rings is 1. The largest absolute Gasteiger partial charge is 0.396 e. The second kappa shape index (κ2) is 6.39. The van der Waals surface area contributed by atoms with Crippen LogP contribution >= 0.6 is 0 Å². The molecule has 0 radical (unpaired) electrons. The molecule has 0 atom stereocenters. The van der Waals surface area contributed by atoms with Gasteiger partial charge in [0.2, 0.25) is 0 Å². The molecule has 1 heterocycles. The molecule has 5 nitrogen and oxygen atoms in total. The van der Waals surface area contributed by atoms with Gasteiger partial charge in [-0.15, -0.1) is 0 Å². The predicted molar refractivity (Wildman–Crippen MR) is 74.7 cm³/mol. The van der Waals surface area contributed by atoms with Gasteiger partial charge >= 0.3 is 0 Å². The molecule has 1 aromatic heterocycles. The molecule has 1 aliphatic rings. The summed E-state index contributed by atoms with van der Waals surface area (Å²) in [5.74, 6) is 0.694. The van der Waals surface area contributed by atoms with Crippen molar-refractivity contribution in [1.82, 2.24) is 4.98 Å². The number of aromatic nitrogens is 1. The molecule has 0 aromatic carbocycles. The Labute approximate surface area is 113 Å². The van der Waals surface area contributed by atoms with Gasteiger partial charge in [0.1, 0.15) is 6.07 Å². The summed E-state index contributed by atoms with van der Waals surface area (Å²) in [7, 11) is 0.